The summed E-state index contributed by atoms with van der Waals surface area (Å²) in [6.45, 7) is -0.211. The first kappa shape index (κ1) is 13.8. The highest BCUT2D eigenvalue weighted by Crippen LogP contribution is 2.27. The van der Waals surface area contributed by atoms with Gasteiger partial charge in [0.15, 0.2) is 0 Å². The summed E-state index contributed by atoms with van der Waals surface area (Å²) in [5, 5.41) is 18.8. The van der Waals surface area contributed by atoms with E-state index < -0.39 is 22.2 Å². The number of aliphatic hydroxyl groups excluding tert-OH is 2. The second-order valence-electron chi connectivity index (χ2n) is 4.14. The highest BCUT2D eigenvalue weighted by Gasteiger charge is 2.37. The quantitative estimate of drug-likeness (QED) is 0.646. The van der Waals surface area contributed by atoms with Crippen molar-refractivity contribution < 1.29 is 18.6 Å². The number of hydrogen-bond donors (Lipinski definition) is 3. The molecule has 2 rings (SSSR count). The number of nitrogens with two attached hydrogens (primary N) is 1. The molecule has 1 fully saturated rings. The van der Waals surface area contributed by atoms with Crippen molar-refractivity contribution in [3.05, 3.63) is 22.7 Å². The first-order valence-corrected chi connectivity index (χ1v) is 7.47. The van der Waals surface area contributed by atoms with Crippen LogP contribution in [0.4, 0.5) is 5.69 Å². The molecule has 100 valence electrons. The fraction of sp³-hybridized carbons (Fsp3) is 0.400. The minimum atomic E-state index is -3.72. The van der Waals surface area contributed by atoms with E-state index in [4.69, 9.17) is 5.73 Å². The Bertz CT molecular complexity index is 553. The summed E-state index contributed by atoms with van der Waals surface area (Å²) in [6.07, 6.45) is -2.09. The van der Waals surface area contributed by atoms with E-state index >= 15 is 0 Å². The van der Waals surface area contributed by atoms with Crippen LogP contribution in [0, 0.1) is 0 Å². The number of β-amino-alcohol motifs (C(OH)–C–C–N with tert-alkyl or cyclic N) is 2. The molecule has 1 aliphatic heterocycles. The summed E-state index contributed by atoms with van der Waals surface area (Å²) in [4.78, 5) is 0.0740. The monoisotopic (exact) mass is 336 g/mol. The Hall–Kier alpha value is -0.670. The molecule has 1 saturated heterocycles. The highest BCUT2D eigenvalue weighted by atomic mass is 79.9. The van der Waals surface area contributed by atoms with Crippen LogP contribution in [0.2, 0.25) is 0 Å². The summed E-state index contributed by atoms with van der Waals surface area (Å²) in [6, 6.07) is 4.29. The van der Waals surface area contributed by atoms with E-state index in [1.165, 1.54) is 18.2 Å². The van der Waals surface area contributed by atoms with Crippen molar-refractivity contribution >= 4 is 31.6 Å². The van der Waals surface area contributed by atoms with Gasteiger partial charge < -0.3 is 15.9 Å². The van der Waals surface area contributed by atoms with E-state index in [0.29, 0.717) is 10.2 Å². The summed E-state index contributed by atoms with van der Waals surface area (Å²) in [5.41, 5.74) is 6.03. The zero-order chi connectivity index (χ0) is 13.5. The molecule has 8 heteroatoms. The maximum absolute atomic E-state index is 12.2. The Balaban J connectivity index is 2.34. The van der Waals surface area contributed by atoms with E-state index in [9.17, 15) is 18.6 Å². The van der Waals surface area contributed by atoms with Crippen molar-refractivity contribution in [3.8, 4) is 0 Å². The van der Waals surface area contributed by atoms with Crippen molar-refractivity contribution in [1.82, 2.24) is 4.31 Å². The van der Waals surface area contributed by atoms with Gasteiger partial charge in [0.1, 0.15) is 0 Å². The van der Waals surface area contributed by atoms with Crippen LogP contribution in [0.1, 0.15) is 0 Å². The lowest BCUT2D eigenvalue weighted by Crippen LogP contribution is -2.30. The molecule has 0 radical (unpaired) electrons. The van der Waals surface area contributed by atoms with Gasteiger partial charge >= 0.3 is 0 Å². The average Bonchev–Trinajstić information content (AvgIpc) is 2.64. The van der Waals surface area contributed by atoms with Gasteiger partial charge in [-0.15, -0.1) is 0 Å². The molecule has 0 spiro atoms. The van der Waals surface area contributed by atoms with Crippen LogP contribution in [0.25, 0.3) is 0 Å². The number of sulfonamides is 1. The molecule has 0 bridgehead atoms. The van der Waals surface area contributed by atoms with Crippen molar-refractivity contribution in [2.24, 2.45) is 0 Å². The number of aliphatic hydroxyl groups is 2. The number of halogens is 1. The largest absolute Gasteiger partial charge is 0.398 e. The van der Waals surface area contributed by atoms with Crippen LogP contribution in [-0.4, -0.2) is 48.2 Å². The van der Waals surface area contributed by atoms with Gasteiger partial charge in [-0.1, -0.05) is 0 Å². The van der Waals surface area contributed by atoms with Crippen LogP contribution in [-0.2, 0) is 10.0 Å². The SMILES string of the molecule is Nc1ccc(S(=O)(=O)N2C[C@@H](O)[C@@H](O)C2)cc1Br. The highest BCUT2D eigenvalue weighted by molar-refractivity contribution is 9.10. The molecule has 4 N–H and O–H groups in total. The lowest BCUT2D eigenvalue weighted by molar-refractivity contribution is 0.0572. The normalized spacial score (nSPS) is 25.5. The smallest absolute Gasteiger partial charge is 0.243 e. The molecular formula is C10H13BrN2O4S. The Labute approximate surface area is 113 Å². The van der Waals surface area contributed by atoms with Gasteiger partial charge in [-0.2, -0.15) is 4.31 Å². The number of hydrogen-bond acceptors (Lipinski definition) is 5. The Morgan fingerprint density at radius 1 is 1.28 bits per heavy atom. The number of anilines is 1. The Kier molecular flexibility index (Phi) is 3.65. The minimum Gasteiger partial charge on any atom is -0.398 e. The number of nitrogen functional groups attached to an aromatic ring is 1. The van der Waals surface area contributed by atoms with Crippen molar-refractivity contribution in [2.45, 2.75) is 17.1 Å². The van der Waals surface area contributed by atoms with E-state index in [1.54, 1.807) is 0 Å². The predicted molar refractivity (Wildman–Crippen MR) is 69.3 cm³/mol. The van der Waals surface area contributed by atoms with Gasteiger partial charge in [0.2, 0.25) is 10.0 Å². The third-order valence-corrected chi connectivity index (χ3v) is 5.35. The van der Waals surface area contributed by atoms with Gasteiger partial charge in [-0.25, -0.2) is 8.42 Å². The maximum atomic E-state index is 12.2. The van der Waals surface area contributed by atoms with Gasteiger partial charge in [0, 0.05) is 23.2 Å². The molecule has 0 unspecified atom stereocenters. The third-order valence-electron chi connectivity index (χ3n) is 2.84. The molecule has 6 nitrogen and oxygen atoms in total. The van der Waals surface area contributed by atoms with Gasteiger partial charge in [-0.05, 0) is 34.1 Å². The summed E-state index contributed by atoms with van der Waals surface area (Å²) < 4.78 is 26.0. The fourth-order valence-electron chi connectivity index (χ4n) is 1.75. The first-order valence-electron chi connectivity index (χ1n) is 5.23. The van der Waals surface area contributed by atoms with Gasteiger partial charge in [0.05, 0.1) is 17.1 Å². The molecule has 1 aromatic rings. The first-order chi connectivity index (χ1) is 8.32. The maximum Gasteiger partial charge on any atom is 0.243 e. The Morgan fingerprint density at radius 3 is 2.33 bits per heavy atom. The van der Waals surface area contributed by atoms with E-state index in [1.807, 2.05) is 0 Å². The lowest BCUT2D eigenvalue weighted by atomic mass is 10.3. The fourth-order valence-corrected chi connectivity index (χ4v) is 3.78. The van der Waals surface area contributed by atoms with Crippen LogP contribution >= 0.6 is 15.9 Å². The van der Waals surface area contributed by atoms with E-state index in [0.717, 1.165) is 4.31 Å². The zero-order valence-corrected chi connectivity index (χ0v) is 11.7. The molecule has 0 saturated carbocycles. The van der Waals surface area contributed by atoms with Gasteiger partial charge in [0.25, 0.3) is 0 Å². The van der Waals surface area contributed by atoms with E-state index in [2.05, 4.69) is 15.9 Å². The second-order valence-corrected chi connectivity index (χ2v) is 6.93. The number of benzene rings is 1. The van der Waals surface area contributed by atoms with Crippen LogP contribution in [0.15, 0.2) is 27.6 Å². The minimum absolute atomic E-state index is 0.0740. The van der Waals surface area contributed by atoms with Crippen molar-refractivity contribution in [3.63, 3.8) is 0 Å². The van der Waals surface area contributed by atoms with Crippen LogP contribution in [0.3, 0.4) is 0 Å². The van der Waals surface area contributed by atoms with Crippen molar-refractivity contribution in [2.75, 3.05) is 18.8 Å². The zero-order valence-electron chi connectivity index (χ0n) is 9.32. The Morgan fingerprint density at radius 2 is 1.83 bits per heavy atom. The van der Waals surface area contributed by atoms with Crippen LogP contribution < -0.4 is 5.73 Å². The molecule has 0 aromatic heterocycles. The van der Waals surface area contributed by atoms with E-state index in [-0.39, 0.29) is 18.0 Å². The number of rotatable bonds is 2. The predicted octanol–water partition coefficient (Wildman–Crippen LogP) is -0.243. The third kappa shape index (κ3) is 2.39. The molecule has 2 atom stereocenters. The standard InChI is InChI=1S/C10H13BrN2O4S/c11-7-3-6(1-2-8(7)12)18(16,17)13-4-9(14)10(15)5-13/h1-3,9-10,14-15H,4-5,12H2/t9-,10+. The summed E-state index contributed by atoms with van der Waals surface area (Å²) in [7, 11) is -3.72. The van der Waals surface area contributed by atoms with Crippen molar-refractivity contribution in [1.29, 1.82) is 0 Å². The number of nitrogens with zero attached hydrogens (tertiary/aromatic N) is 1. The molecule has 1 heterocycles. The van der Waals surface area contributed by atoms with Gasteiger partial charge in [-0.3, -0.25) is 0 Å². The topological polar surface area (TPSA) is 104 Å². The molecule has 1 aromatic carbocycles. The molecule has 1 aliphatic rings. The average molecular weight is 337 g/mol. The summed E-state index contributed by atoms with van der Waals surface area (Å²) in [5.74, 6) is 0. The molecule has 0 amide bonds. The van der Waals surface area contributed by atoms with Crippen LogP contribution in [0.5, 0.6) is 0 Å². The summed E-state index contributed by atoms with van der Waals surface area (Å²) >= 11 is 3.16. The lowest BCUT2D eigenvalue weighted by Gasteiger charge is -2.16. The molecular weight excluding hydrogens is 324 g/mol. The molecule has 18 heavy (non-hydrogen) atoms. The molecule has 0 aliphatic carbocycles. The second kappa shape index (κ2) is 4.78.